The first kappa shape index (κ1) is 8.09. The highest BCUT2D eigenvalue weighted by Crippen LogP contribution is 2.42. The topological polar surface area (TPSA) is 26.3 Å². The Kier molecular flexibility index (Phi) is 1.85. The fourth-order valence-corrected chi connectivity index (χ4v) is 2.74. The first-order valence-corrected chi connectivity index (χ1v) is 4.90. The molecule has 0 unspecified atom stereocenters. The van der Waals surface area contributed by atoms with Crippen LogP contribution in [0.1, 0.15) is 33.1 Å². The van der Waals surface area contributed by atoms with Gasteiger partial charge in [0.1, 0.15) is 6.10 Å². The third-order valence-corrected chi connectivity index (χ3v) is 3.45. The van der Waals surface area contributed by atoms with Crippen LogP contribution in [0, 0.1) is 17.8 Å². The molecular formula is C10H16O2. The Morgan fingerprint density at radius 2 is 2.08 bits per heavy atom. The summed E-state index contributed by atoms with van der Waals surface area (Å²) in [6.07, 6.45) is 3.82. The highest BCUT2D eigenvalue weighted by Gasteiger charge is 2.46. The van der Waals surface area contributed by atoms with E-state index in [2.05, 4.69) is 6.92 Å². The summed E-state index contributed by atoms with van der Waals surface area (Å²) in [5.74, 6) is 1.33. The minimum absolute atomic E-state index is 0.0553. The van der Waals surface area contributed by atoms with Crippen LogP contribution >= 0.6 is 0 Å². The van der Waals surface area contributed by atoms with Crippen LogP contribution in [0.4, 0.5) is 0 Å². The molecule has 2 fully saturated rings. The van der Waals surface area contributed by atoms with Gasteiger partial charge in [-0.15, -0.1) is 0 Å². The molecule has 4 atom stereocenters. The predicted octanol–water partition coefficient (Wildman–Crippen LogP) is 1.98. The maximum absolute atomic E-state index is 11.4. The minimum Gasteiger partial charge on any atom is -0.462 e. The molecule has 2 heteroatoms. The summed E-state index contributed by atoms with van der Waals surface area (Å²) in [7, 11) is 0. The zero-order chi connectivity index (χ0) is 8.72. The first-order valence-electron chi connectivity index (χ1n) is 4.90. The molecule has 0 radical (unpaired) electrons. The Morgan fingerprint density at radius 1 is 1.33 bits per heavy atom. The van der Waals surface area contributed by atoms with Crippen molar-refractivity contribution in [3.8, 4) is 0 Å². The van der Waals surface area contributed by atoms with E-state index in [1.54, 1.807) is 0 Å². The van der Waals surface area contributed by atoms with Crippen LogP contribution in [0.5, 0.6) is 0 Å². The van der Waals surface area contributed by atoms with Crippen LogP contribution in [0.2, 0.25) is 0 Å². The van der Waals surface area contributed by atoms with E-state index in [4.69, 9.17) is 4.74 Å². The lowest BCUT2D eigenvalue weighted by Gasteiger charge is -2.28. The van der Waals surface area contributed by atoms with E-state index >= 15 is 0 Å². The van der Waals surface area contributed by atoms with E-state index in [0.29, 0.717) is 11.8 Å². The number of esters is 1. The van der Waals surface area contributed by atoms with Gasteiger partial charge in [0, 0.05) is 5.92 Å². The molecule has 1 aliphatic heterocycles. The number of ether oxygens (including phenoxy) is 1. The molecule has 68 valence electrons. The number of carbonyl (C=O) groups is 1. The molecule has 2 rings (SSSR count). The van der Waals surface area contributed by atoms with E-state index in [1.165, 1.54) is 19.3 Å². The highest BCUT2D eigenvalue weighted by molar-refractivity contribution is 5.75. The summed E-state index contributed by atoms with van der Waals surface area (Å²) in [4.78, 5) is 11.4. The molecule has 0 aromatic carbocycles. The smallest absolute Gasteiger partial charge is 0.309 e. The van der Waals surface area contributed by atoms with E-state index in [0.717, 1.165) is 0 Å². The van der Waals surface area contributed by atoms with Gasteiger partial charge in [0.05, 0.1) is 5.92 Å². The van der Waals surface area contributed by atoms with Crippen molar-refractivity contribution in [3.05, 3.63) is 0 Å². The van der Waals surface area contributed by atoms with Crippen molar-refractivity contribution in [2.45, 2.75) is 39.2 Å². The second-order valence-corrected chi connectivity index (χ2v) is 4.24. The highest BCUT2D eigenvalue weighted by atomic mass is 16.6. The molecule has 0 bridgehead atoms. The molecule has 0 N–H and O–H groups in total. The number of fused-ring (bicyclic) bond motifs is 1. The van der Waals surface area contributed by atoms with E-state index in [1.807, 2.05) is 6.92 Å². The monoisotopic (exact) mass is 168 g/mol. The summed E-state index contributed by atoms with van der Waals surface area (Å²) in [5.41, 5.74) is 0. The number of hydrogen-bond donors (Lipinski definition) is 0. The lowest BCUT2D eigenvalue weighted by molar-refractivity contribution is -0.145. The van der Waals surface area contributed by atoms with Crippen molar-refractivity contribution in [2.75, 3.05) is 0 Å². The van der Waals surface area contributed by atoms with Gasteiger partial charge in [0.2, 0.25) is 0 Å². The van der Waals surface area contributed by atoms with Gasteiger partial charge in [0.15, 0.2) is 0 Å². The molecule has 1 saturated carbocycles. The molecule has 2 aliphatic rings. The van der Waals surface area contributed by atoms with Gasteiger partial charge in [-0.2, -0.15) is 0 Å². The number of cyclic esters (lactones) is 1. The Balaban J connectivity index is 2.19. The van der Waals surface area contributed by atoms with Crippen molar-refractivity contribution in [1.82, 2.24) is 0 Å². The maximum Gasteiger partial charge on any atom is 0.309 e. The molecule has 1 heterocycles. The van der Waals surface area contributed by atoms with Crippen molar-refractivity contribution < 1.29 is 9.53 Å². The molecule has 0 aromatic heterocycles. The van der Waals surface area contributed by atoms with Crippen LogP contribution in [0.25, 0.3) is 0 Å². The number of carbonyl (C=O) groups excluding carboxylic acids is 1. The van der Waals surface area contributed by atoms with E-state index in [9.17, 15) is 4.79 Å². The van der Waals surface area contributed by atoms with Crippen molar-refractivity contribution in [2.24, 2.45) is 17.8 Å². The first-order chi connectivity index (χ1) is 5.70. The lowest BCUT2D eigenvalue weighted by atomic mass is 9.72. The van der Waals surface area contributed by atoms with Crippen molar-refractivity contribution >= 4 is 5.97 Å². The number of rotatable bonds is 0. The van der Waals surface area contributed by atoms with Crippen molar-refractivity contribution in [1.29, 1.82) is 0 Å². The summed E-state index contributed by atoms with van der Waals surface area (Å²) in [6.45, 7) is 4.21. The van der Waals surface area contributed by atoms with Crippen LogP contribution < -0.4 is 0 Å². The van der Waals surface area contributed by atoms with Gasteiger partial charge in [-0.05, 0) is 25.7 Å². The molecular weight excluding hydrogens is 152 g/mol. The molecule has 1 saturated heterocycles. The van der Waals surface area contributed by atoms with Gasteiger partial charge in [-0.25, -0.2) is 0 Å². The lowest BCUT2D eigenvalue weighted by Crippen LogP contribution is -2.29. The van der Waals surface area contributed by atoms with Gasteiger partial charge in [-0.3, -0.25) is 4.79 Å². The predicted molar refractivity (Wildman–Crippen MR) is 45.5 cm³/mol. The average molecular weight is 168 g/mol. The Morgan fingerprint density at radius 3 is 2.75 bits per heavy atom. The second kappa shape index (κ2) is 2.75. The normalized spacial score (nSPS) is 47.0. The Hall–Kier alpha value is -0.530. The largest absolute Gasteiger partial charge is 0.462 e. The van der Waals surface area contributed by atoms with Crippen LogP contribution in [-0.4, -0.2) is 12.1 Å². The van der Waals surface area contributed by atoms with Gasteiger partial charge in [-0.1, -0.05) is 13.3 Å². The average Bonchev–Trinajstić information content (AvgIpc) is 2.29. The molecule has 0 amide bonds. The SMILES string of the molecule is C[C@@H]1CCC[C@@H]2[C@H]1C(=O)O[C@@H]2C. The van der Waals surface area contributed by atoms with Crippen molar-refractivity contribution in [3.63, 3.8) is 0 Å². The van der Waals surface area contributed by atoms with Gasteiger partial charge >= 0.3 is 5.97 Å². The summed E-state index contributed by atoms with van der Waals surface area (Å²) in [5, 5.41) is 0. The third kappa shape index (κ3) is 1.05. The molecule has 1 aliphatic carbocycles. The Bertz CT molecular complexity index is 200. The molecule has 2 nitrogen and oxygen atoms in total. The fourth-order valence-electron chi connectivity index (χ4n) is 2.74. The summed E-state index contributed by atoms with van der Waals surface area (Å²) >= 11 is 0. The zero-order valence-corrected chi connectivity index (χ0v) is 7.75. The van der Waals surface area contributed by atoms with Crippen LogP contribution in [-0.2, 0) is 9.53 Å². The van der Waals surface area contributed by atoms with Gasteiger partial charge < -0.3 is 4.74 Å². The summed E-state index contributed by atoms with van der Waals surface area (Å²) in [6, 6.07) is 0. The minimum atomic E-state index is 0.0553. The standard InChI is InChI=1S/C10H16O2/c1-6-4-3-5-8-7(2)12-10(11)9(6)8/h6-9H,3-5H2,1-2H3/t6-,7-,8+,9+/m1/s1. The third-order valence-electron chi connectivity index (χ3n) is 3.45. The van der Waals surface area contributed by atoms with E-state index < -0.39 is 0 Å². The van der Waals surface area contributed by atoms with E-state index in [-0.39, 0.29) is 18.0 Å². The van der Waals surface area contributed by atoms with Crippen LogP contribution in [0.15, 0.2) is 0 Å². The fraction of sp³-hybridized carbons (Fsp3) is 0.900. The molecule has 0 aromatic rings. The van der Waals surface area contributed by atoms with Crippen LogP contribution in [0.3, 0.4) is 0 Å². The quantitative estimate of drug-likeness (QED) is 0.517. The molecule has 12 heavy (non-hydrogen) atoms. The maximum atomic E-state index is 11.4. The second-order valence-electron chi connectivity index (χ2n) is 4.24. The summed E-state index contributed by atoms with van der Waals surface area (Å²) < 4.78 is 5.24. The zero-order valence-electron chi connectivity index (χ0n) is 7.75. The molecule has 0 spiro atoms. The van der Waals surface area contributed by atoms with Gasteiger partial charge in [0.25, 0.3) is 0 Å². The number of hydrogen-bond acceptors (Lipinski definition) is 2. The Labute approximate surface area is 73.3 Å².